The van der Waals surface area contributed by atoms with Crippen molar-refractivity contribution in [3.63, 3.8) is 0 Å². The molecule has 1 unspecified atom stereocenters. The van der Waals surface area contributed by atoms with Crippen molar-refractivity contribution in [2.45, 2.75) is 38.1 Å². The number of amides is 2. The van der Waals surface area contributed by atoms with Gasteiger partial charge in [-0.05, 0) is 24.8 Å². The van der Waals surface area contributed by atoms with Crippen molar-refractivity contribution in [3.05, 3.63) is 78.1 Å². The van der Waals surface area contributed by atoms with Gasteiger partial charge in [-0.3, -0.25) is 9.59 Å². The summed E-state index contributed by atoms with van der Waals surface area (Å²) in [6.45, 7) is 1.20. The molecule has 1 aliphatic rings. The number of hydrogen-bond acceptors (Lipinski definition) is 4. The van der Waals surface area contributed by atoms with Gasteiger partial charge in [0.05, 0.1) is 0 Å². The Morgan fingerprint density at radius 1 is 1.09 bits per heavy atom. The molecule has 1 saturated heterocycles. The van der Waals surface area contributed by atoms with Crippen molar-refractivity contribution in [2.75, 3.05) is 20.1 Å². The summed E-state index contributed by atoms with van der Waals surface area (Å²) < 4.78 is 5.48. The fourth-order valence-electron chi connectivity index (χ4n) is 4.18. The van der Waals surface area contributed by atoms with Gasteiger partial charge in [0.1, 0.15) is 17.5 Å². The van der Waals surface area contributed by atoms with Crippen LogP contribution in [0.15, 0.2) is 71.3 Å². The molecule has 0 saturated carbocycles. The predicted octanol–water partition coefficient (Wildman–Crippen LogP) is 4.49. The normalized spacial score (nSPS) is 14.9. The minimum atomic E-state index is -0.566. The summed E-state index contributed by atoms with van der Waals surface area (Å²) >= 11 is 0. The van der Waals surface area contributed by atoms with E-state index < -0.39 is 6.04 Å². The van der Waals surface area contributed by atoms with E-state index in [0.29, 0.717) is 25.9 Å². The van der Waals surface area contributed by atoms with Gasteiger partial charge in [0.25, 0.3) is 0 Å². The first-order valence-corrected chi connectivity index (χ1v) is 11.2. The van der Waals surface area contributed by atoms with Gasteiger partial charge in [-0.1, -0.05) is 65.8 Å². The summed E-state index contributed by atoms with van der Waals surface area (Å²) in [5, 5.41) is 4.16. The summed E-state index contributed by atoms with van der Waals surface area (Å²) in [6.07, 6.45) is 3.77. The molecule has 166 valence electrons. The van der Waals surface area contributed by atoms with Gasteiger partial charge in [-0.25, -0.2) is 0 Å². The third-order valence-corrected chi connectivity index (χ3v) is 5.94. The molecule has 6 heteroatoms. The van der Waals surface area contributed by atoms with Crippen molar-refractivity contribution in [1.29, 1.82) is 0 Å². The van der Waals surface area contributed by atoms with E-state index in [1.807, 2.05) is 73.8 Å². The van der Waals surface area contributed by atoms with Crippen LogP contribution in [0.5, 0.6) is 0 Å². The van der Waals surface area contributed by atoms with Crippen molar-refractivity contribution < 1.29 is 14.1 Å². The third-order valence-electron chi connectivity index (χ3n) is 5.94. The lowest BCUT2D eigenvalue weighted by molar-refractivity contribution is -0.147. The fraction of sp³-hybridized carbons (Fsp3) is 0.346. The van der Waals surface area contributed by atoms with Crippen molar-refractivity contribution in [2.24, 2.45) is 0 Å². The Morgan fingerprint density at radius 2 is 1.81 bits per heavy atom. The van der Waals surface area contributed by atoms with Crippen LogP contribution in [-0.4, -0.2) is 46.9 Å². The van der Waals surface area contributed by atoms with Crippen LogP contribution in [0.4, 0.5) is 0 Å². The average Bonchev–Trinajstić information content (AvgIpc) is 3.30. The van der Waals surface area contributed by atoms with Crippen LogP contribution >= 0.6 is 0 Å². The zero-order chi connectivity index (χ0) is 22.3. The molecule has 2 amide bonds. The van der Waals surface area contributed by atoms with E-state index in [9.17, 15) is 9.59 Å². The molecule has 1 aliphatic heterocycles. The number of benzene rings is 2. The summed E-state index contributed by atoms with van der Waals surface area (Å²) in [4.78, 5) is 29.5. The largest absolute Gasteiger partial charge is 0.361 e. The van der Waals surface area contributed by atoms with E-state index in [2.05, 4.69) is 5.16 Å². The zero-order valence-electron chi connectivity index (χ0n) is 18.4. The molecule has 2 heterocycles. The first-order chi connectivity index (χ1) is 15.6. The Hall–Kier alpha value is -3.41. The maximum absolute atomic E-state index is 13.4. The van der Waals surface area contributed by atoms with Crippen molar-refractivity contribution in [1.82, 2.24) is 15.0 Å². The van der Waals surface area contributed by atoms with Crippen molar-refractivity contribution in [3.8, 4) is 11.3 Å². The fourth-order valence-corrected chi connectivity index (χ4v) is 4.18. The average molecular weight is 432 g/mol. The van der Waals surface area contributed by atoms with Gasteiger partial charge >= 0.3 is 0 Å². The number of likely N-dealkylation sites (tertiary alicyclic amines) is 1. The molecule has 1 aromatic heterocycles. The van der Waals surface area contributed by atoms with Gasteiger partial charge < -0.3 is 14.3 Å². The van der Waals surface area contributed by atoms with Gasteiger partial charge in [0.15, 0.2) is 0 Å². The summed E-state index contributed by atoms with van der Waals surface area (Å²) in [7, 11) is 1.81. The van der Waals surface area contributed by atoms with Gasteiger partial charge in [0.2, 0.25) is 11.8 Å². The molecule has 2 aromatic carbocycles. The maximum atomic E-state index is 13.4. The summed E-state index contributed by atoms with van der Waals surface area (Å²) in [6, 6.07) is 20.9. The van der Waals surface area contributed by atoms with Crippen LogP contribution in [-0.2, 0) is 16.0 Å². The van der Waals surface area contributed by atoms with Gasteiger partial charge in [-0.15, -0.1) is 0 Å². The highest BCUT2D eigenvalue weighted by molar-refractivity contribution is 5.89. The number of piperidine rings is 1. The number of hydrogen-bond donors (Lipinski definition) is 0. The molecule has 1 atom stereocenters. The number of carbonyl (C=O) groups is 2. The topological polar surface area (TPSA) is 66.7 Å². The smallest absolute Gasteiger partial charge is 0.249 e. The van der Waals surface area contributed by atoms with E-state index in [1.54, 1.807) is 9.80 Å². The van der Waals surface area contributed by atoms with Gasteiger partial charge in [0, 0.05) is 44.6 Å². The lowest BCUT2D eigenvalue weighted by Gasteiger charge is -2.36. The van der Waals surface area contributed by atoms with E-state index in [-0.39, 0.29) is 11.8 Å². The SMILES string of the molecule is CN(CCCc1cc(-c2ccccc2)no1)C(=O)C(c1ccccc1)N1CCCCC1=O. The molecular formula is C26H29N3O3. The zero-order valence-corrected chi connectivity index (χ0v) is 18.4. The highest BCUT2D eigenvalue weighted by atomic mass is 16.5. The second kappa shape index (κ2) is 10.3. The summed E-state index contributed by atoms with van der Waals surface area (Å²) in [5.41, 5.74) is 2.70. The molecule has 1 fully saturated rings. The monoisotopic (exact) mass is 431 g/mol. The second-order valence-corrected chi connectivity index (χ2v) is 8.27. The Morgan fingerprint density at radius 3 is 2.53 bits per heavy atom. The minimum absolute atomic E-state index is 0.0472. The van der Waals surface area contributed by atoms with Crippen LogP contribution < -0.4 is 0 Å². The van der Waals surface area contributed by atoms with Crippen LogP contribution in [0, 0.1) is 0 Å². The standard InChI is InChI=1S/C26H29N3O3/c1-28(17-10-15-22-19-23(27-32-22)20-11-4-2-5-12-20)26(31)25(21-13-6-3-7-14-21)29-18-9-8-16-24(29)30/h2-7,11-14,19,25H,8-10,15-18H2,1H3. The minimum Gasteiger partial charge on any atom is -0.361 e. The Labute approximate surface area is 188 Å². The van der Waals surface area contributed by atoms with Crippen molar-refractivity contribution >= 4 is 11.8 Å². The quantitative estimate of drug-likeness (QED) is 0.527. The Balaban J connectivity index is 1.39. The molecule has 0 N–H and O–H groups in total. The van der Waals surface area contributed by atoms with Crippen LogP contribution in [0.25, 0.3) is 11.3 Å². The van der Waals surface area contributed by atoms with E-state index in [0.717, 1.165) is 41.8 Å². The van der Waals surface area contributed by atoms with E-state index in [4.69, 9.17) is 4.52 Å². The Kier molecular flexibility index (Phi) is 7.00. The number of aromatic nitrogens is 1. The lowest BCUT2D eigenvalue weighted by atomic mass is 10.00. The molecule has 4 rings (SSSR count). The highest BCUT2D eigenvalue weighted by Gasteiger charge is 2.34. The second-order valence-electron chi connectivity index (χ2n) is 8.27. The first-order valence-electron chi connectivity index (χ1n) is 11.2. The predicted molar refractivity (Wildman–Crippen MR) is 123 cm³/mol. The Bertz CT molecular complexity index is 1030. The molecule has 0 spiro atoms. The van der Waals surface area contributed by atoms with E-state index in [1.165, 1.54) is 0 Å². The number of nitrogens with zero attached hydrogens (tertiary/aromatic N) is 3. The molecule has 6 nitrogen and oxygen atoms in total. The van der Waals surface area contributed by atoms with Crippen LogP contribution in [0.2, 0.25) is 0 Å². The molecule has 0 bridgehead atoms. The maximum Gasteiger partial charge on any atom is 0.249 e. The van der Waals surface area contributed by atoms with E-state index >= 15 is 0 Å². The number of likely N-dealkylation sites (N-methyl/N-ethyl adjacent to an activating group) is 1. The number of rotatable bonds is 8. The molecule has 0 aliphatic carbocycles. The number of carbonyl (C=O) groups excluding carboxylic acids is 2. The molecule has 32 heavy (non-hydrogen) atoms. The van der Waals surface area contributed by atoms with Crippen LogP contribution in [0.1, 0.15) is 43.0 Å². The molecular weight excluding hydrogens is 402 g/mol. The molecule has 0 radical (unpaired) electrons. The lowest BCUT2D eigenvalue weighted by Crippen LogP contribution is -2.46. The van der Waals surface area contributed by atoms with Crippen LogP contribution in [0.3, 0.4) is 0 Å². The highest BCUT2D eigenvalue weighted by Crippen LogP contribution is 2.27. The van der Waals surface area contributed by atoms with Gasteiger partial charge in [-0.2, -0.15) is 0 Å². The third kappa shape index (κ3) is 5.07. The molecule has 3 aromatic rings. The first kappa shape index (κ1) is 21.8. The number of aryl methyl sites for hydroxylation is 1. The summed E-state index contributed by atoms with van der Waals surface area (Å²) in [5.74, 6) is 0.812.